The van der Waals surface area contributed by atoms with Gasteiger partial charge in [0.05, 0.1) is 12.8 Å². The SMILES string of the molecule is COc1cccc(C2c3[nH]c4ccccc4c3C[C@H]3C(=O)N(c4ccc(C(=O)NCC(C)C)cc4)C(=O)N23)c1. The van der Waals surface area contributed by atoms with E-state index in [1.807, 2.05) is 62.4 Å². The van der Waals surface area contributed by atoms with Crippen LogP contribution in [-0.2, 0) is 11.2 Å². The fourth-order valence-corrected chi connectivity index (χ4v) is 5.63. The Labute approximate surface area is 226 Å². The first-order valence-electron chi connectivity index (χ1n) is 13.1. The van der Waals surface area contributed by atoms with Crippen molar-refractivity contribution >= 4 is 34.4 Å². The number of methoxy groups -OCH3 is 1. The predicted octanol–water partition coefficient (Wildman–Crippen LogP) is 5.05. The van der Waals surface area contributed by atoms with Crippen LogP contribution < -0.4 is 15.0 Å². The molecule has 8 nitrogen and oxygen atoms in total. The molecule has 1 aromatic heterocycles. The van der Waals surface area contributed by atoms with E-state index in [9.17, 15) is 14.4 Å². The summed E-state index contributed by atoms with van der Waals surface area (Å²) in [7, 11) is 1.61. The van der Waals surface area contributed by atoms with E-state index in [1.54, 1.807) is 36.3 Å². The van der Waals surface area contributed by atoms with Crippen molar-refractivity contribution in [2.75, 3.05) is 18.6 Å². The lowest BCUT2D eigenvalue weighted by atomic mass is 9.89. The van der Waals surface area contributed by atoms with Gasteiger partial charge in [-0.05, 0) is 59.5 Å². The zero-order valence-electron chi connectivity index (χ0n) is 22.1. The number of imide groups is 1. The molecule has 2 aliphatic rings. The number of nitrogens with zero attached hydrogens (tertiary/aromatic N) is 2. The van der Waals surface area contributed by atoms with Gasteiger partial charge in [0.1, 0.15) is 17.8 Å². The number of benzene rings is 3. The molecule has 2 N–H and O–H groups in total. The van der Waals surface area contributed by atoms with Gasteiger partial charge in [-0.3, -0.25) is 14.5 Å². The maximum atomic E-state index is 14.0. The van der Waals surface area contributed by atoms with Crippen molar-refractivity contribution in [3.05, 3.63) is 95.2 Å². The van der Waals surface area contributed by atoms with Crippen LogP contribution in [0, 0.1) is 5.92 Å². The van der Waals surface area contributed by atoms with Crippen LogP contribution in [0.3, 0.4) is 0 Å². The second-order valence-electron chi connectivity index (χ2n) is 10.5. The van der Waals surface area contributed by atoms with E-state index in [0.29, 0.717) is 35.9 Å². The average molecular weight is 523 g/mol. The number of hydrogen-bond donors (Lipinski definition) is 2. The monoisotopic (exact) mass is 522 g/mol. The van der Waals surface area contributed by atoms with Crippen molar-refractivity contribution < 1.29 is 19.1 Å². The zero-order chi connectivity index (χ0) is 27.3. The van der Waals surface area contributed by atoms with Gasteiger partial charge in [0.2, 0.25) is 0 Å². The molecule has 4 aromatic rings. The molecule has 8 heteroatoms. The lowest BCUT2D eigenvalue weighted by Crippen LogP contribution is -2.44. The Hall–Kier alpha value is -4.59. The third kappa shape index (κ3) is 4.12. The van der Waals surface area contributed by atoms with Crippen LogP contribution in [0.5, 0.6) is 5.75 Å². The molecular weight excluding hydrogens is 492 g/mol. The molecule has 1 saturated heterocycles. The number of hydrogen-bond acceptors (Lipinski definition) is 4. The van der Waals surface area contributed by atoms with Gasteiger partial charge in [0, 0.05) is 35.1 Å². The van der Waals surface area contributed by atoms with Crippen molar-refractivity contribution in [1.29, 1.82) is 0 Å². The van der Waals surface area contributed by atoms with Crippen LogP contribution in [0.4, 0.5) is 10.5 Å². The molecule has 198 valence electrons. The quantitative estimate of drug-likeness (QED) is 0.347. The molecule has 0 saturated carbocycles. The molecule has 39 heavy (non-hydrogen) atoms. The van der Waals surface area contributed by atoms with Gasteiger partial charge in [0.25, 0.3) is 11.8 Å². The Morgan fingerprint density at radius 3 is 2.56 bits per heavy atom. The minimum absolute atomic E-state index is 0.185. The Balaban J connectivity index is 1.39. The molecule has 1 fully saturated rings. The minimum atomic E-state index is -0.658. The number of nitrogens with one attached hydrogen (secondary N) is 2. The fourth-order valence-electron chi connectivity index (χ4n) is 5.63. The van der Waals surface area contributed by atoms with Gasteiger partial charge >= 0.3 is 6.03 Å². The normalized spacial score (nSPS) is 18.5. The van der Waals surface area contributed by atoms with Gasteiger partial charge in [-0.25, -0.2) is 9.69 Å². The number of ether oxygens (including phenoxy) is 1. The summed E-state index contributed by atoms with van der Waals surface area (Å²) in [5.74, 6) is 0.546. The molecule has 2 atom stereocenters. The third-order valence-electron chi connectivity index (χ3n) is 7.52. The van der Waals surface area contributed by atoms with E-state index in [1.165, 1.54) is 4.90 Å². The average Bonchev–Trinajstić information content (AvgIpc) is 3.44. The summed E-state index contributed by atoms with van der Waals surface area (Å²) >= 11 is 0. The van der Waals surface area contributed by atoms with Crippen LogP contribution in [0.2, 0.25) is 0 Å². The van der Waals surface area contributed by atoms with Crippen LogP contribution in [0.1, 0.15) is 47.1 Å². The summed E-state index contributed by atoms with van der Waals surface area (Å²) in [5, 5.41) is 3.94. The molecule has 0 aliphatic carbocycles. The molecule has 6 rings (SSSR count). The highest BCUT2D eigenvalue weighted by Crippen LogP contribution is 2.45. The summed E-state index contributed by atoms with van der Waals surface area (Å²) < 4.78 is 5.48. The van der Waals surface area contributed by atoms with E-state index in [-0.39, 0.29) is 17.8 Å². The maximum absolute atomic E-state index is 14.0. The first-order chi connectivity index (χ1) is 18.9. The summed E-state index contributed by atoms with van der Waals surface area (Å²) in [6, 6.07) is 20.7. The first kappa shape index (κ1) is 24.7. The number of rotatable bonds is 6. The summed E-state index contributed by atoms with van der Waals surface area (Å²) in [5.41, 5.74) is 4.69. The van der Waals surface area contributed by atoms with E-state index < -0.39 is 12.1 Å². The number of aromatic nitrogens is 1. The second-order valence-corrected chi connectivity index (χ2v) is 10.5. The van der Waals surface area contributed by atoms with E-state index in [0.717, 1.165) is 27.7 Å². The smallest absolute Gasteiger partial charge is 0.332 e. The Morgan fingerprint density at radius 1 is 1.05 bits per heavy atom. The fraction of sp³-hybridized carbons (Fsp3) is 0.258. The highest BCUT2D eigenvalue weighted by molar-refractivity contribution is 6.22. The van der Waals surface area contributed by atoms with E-state index in [2.05, 4.69) is 10.3 Å². The molecular formula is C31H30N4O4. The molecule has 2 aliphatic heterocycles. The van der Waals surface area contributed by atoms with Gasteiger partial charge < -0.3 is 15.0 Å². The molecule has 0 spiro atoms. The van der Waals surface area contributed by atoms with Crippen molar-refractivity contribution in [3.63, 3.8) is 0 Å². The van der Waals surface area contributed by atoms with Crippen molar-refractivity contribution in [2.24, 2.45) is 5.92 Å². The van der Waals surface area contributed by atoms with Gasteiger partial charge in [-0.2, -0.15) is 0 Å². The Kier molecular flexibility index (Phi) is 6.10. The summed E-state index contributed by atoms with van der Waals surface area (Å²) in [4.78, 5) is 46.8. The minimum Gasteiger partial charge on any atom is -0.497 e. The second kappa shape index (κ2) is 9.62. The summed E-state index contributed by atoms with van der Waals surface area (Å²) in [6.07, 6.45) is 0.413. The Bertz CT molecular complexity index is 1590. The number of para-hydroxylation sites is 1. The van der Waals surface area contributed by atoms with Crippen molar-refractivity contribution in [3.8, 4) is 5.75 Å². The standard InChI is InChI=1S/C31H30N4O4/c1-18(2)17-32-29(36)19-11-13-21(14-12-19)34-30(37)26-16-24-23-9-4-5-10-25(23)33-27(24)28(35(26)31(34)38)20-7-6-8-22(15-20)39-3/h4-15,18,26,28,33H,16-17H2,1-3H3,(H,32,36)/t26-,28?/m0/s1. The topological polar surface area (TPSA) is 94.7 Å². The summed E-state index contributed by atoms with van der Waals surface area (Å²) in [6.45, 7) is 4.63. The highest BCUT2D eigenvalue weighted by atomic mass is 16.5. The van der Waals surface area contributed by atoms with Gasteiger partial charge in [-0.1, -0.05) is 44.2 Å². The molecule has 0 bridgehead atoms. The van der Waals surface area contributed by atoms with Crippen LogP contribution in [-0.4, -0.2) is 47.4 Å². The molecule has 3 aromatic carbocycles. The number of urea groups is 1. The third-order valence-corrected chi connectivity index (χ3v) is 7.52. The number of aromatic amines is 1. The molecule has 1 unspecified atom stereocenters. The lowest BCUT2D eigenvalue weighted by molar-refractivity contribution is -0.120. The number of amides is 4. The highest BCUT2D eigenvalue weighted by Gasteiger charge is 2.53. The number of fused-ring (bicyclic) bond motifs is 4. The zero-order valence-corrected chi connectivity index (χ0v) is 22.1. The number of H-pyrrole nitrogens is 1. The van der Waals surface area contributed by atoms with Crippen LogP contribution >= 0.6 is 0 Å². The molecule has 0 radical (unpaired) electrons. The van der Waals surface area contributed by atoms with Gasteiger partial charge in [0.15, 0.2) is 0 Å². The largest absolute Gasteiger partial charge is 0.497 e. The first-order valence-corrected chi connectivity index (χ1v) is 13.1. The number of carbonyl (C=O) groups excluding carboxylic acids is 3. The number of carbonyl (C=O) groups is 3. The van der Waals surface area contributed by atoms with E-state index in [4.69, 9.17) is 4.74 Å². The van der Waals surface area contributed by atoms with Crippen LogP contribution in [0.15, 0.2) is 72.8 Å². The van der Waals surface area contributed by atoms with Crippen molar-refractivity contribution in [1.82, 2.24) is 15.2 Å². The van der Waals surface area contributed by atoms with E-state index >= 15 is 0 Å². The lowest BCUT2D eigenvalue weighted by Gasteiger charge is -2.36. The molecule has 3 heterocycles. The van der Waals surface area contributed by atoms with Gasteiger partial charge in [-0.15, -0.1) is 0 Å². The predicted molar refractivity (Wildman–Crippen MR) is 149 cm³/mol. The number of anilines is 1. The van der Waals surface area contributed by atoms with Crippen LogP contribution in [0.25, 0.3) is 10.9 Å². The molecule has 4 amide bonds. The Morgan fingerprint density at radius 2 is 1.82 bits per heavy atom. The van der Waals surface area contributed by atoms with Crippen molar-refractivity contribution in [2.45, 2.75) is 32.4 Å². The maximum Gasteiger partial charge on any atom is 0.332 e.